The summed E-state index contributed by atoms with van der Waals surface area (Å²) in [5, 5.41) is 5.53. The zero-order valence-corrected chi connectivity index (χ0v) is 13.5. The number of hydrogen-bond donors (Lipinski definition) is 0. The molecule has 0 aliphatic heterocycles. The summed E-state index contributed by atoms with van der Waals surface area (Å²) >= 11 is 0. The van der Waals surface area contributed by atoms with Crippen molar-refractivity contribution in [3.63, 3.8) is 0 Å². The van der Waals surface area contributed by atoms with Crippen molar-refractivity contribution < 1.29 is 4.74 Å². The second kappa shape index (κ2) is 5.77. The van der Waals surface area contributed by atoms with Crippen LogP contribution in [0.4, 0.5) is 0 Å². The summed E-state index contributed by atoms with van der Waals surface area (Å²) in [7, 11) is 1.65. The second-order valence-electron chi connectivity index (χ2n) is 5.54. The molecule has 24 heavy (non-hydrogen) atoms. The first kappa shape index (κ1) is 14.4. The van der Waals surface area contributed by atoms with E-state index in [0.29, 0.717) is 0 Å². The van der Waals surface area contributed by atoms with Crippen LogP contribution in [0, 0.1) is 6.92 Å². The normalized spacial score (nSPS) is 10.9. The first-order valence-corrected chi connectivity index (χ1v) is 7.66. The van der Waals surface area contributed by atoms with Crippen LogP contribution in [0.15, 0.2) is 61.2 Å². The lowest BCUT2D eigenvalue weighted by atomic mass is 10.0. The highest BCUT2D eigenvalue weighted by Gasteiger charge is 2.13. The molecule has 4 aromatic rings. The Kier molecular flexibility index (Phi) is 3.46. The minimum absolute atomic E-state index is 0.787. The van der Waals surface area contributed by atoms with E-state index in [-0.39, 0.29) is 0 Å². The highest BCUT2D eigenvalue weighted by Crippen LogP contribution is 2.30. The average molecular weight is 316 g/mol. The zero-order valence-electron chi connectivity index (χ0n) is 13.5. The van der Waals surface area contributed by atoms with Crippen molar-refractivity contribution in [3.8, 4) is 22.6 Å². The number of ether oxygens (including phenoxy) is 1. The maximum Gasteiger partial charge on any atom is 0.163 e. The first-order valence-electron chi connectivity index (χ1n) is 7.66. The Bertz CT molecular complexity index is 1020. The van der Waals surface area contributed by atoms with Crippen molar-refractivity contribution in [2.45, 2.75) is 6.92 Å². The van der Waals surface area contributed by atoms with Gasteiger partial charge in [-0.05, 0) is 42.3 Å². The third-order valence-electron chi connectivity index (χ3n) is 4.10. The summed E-state index contributed by atoms with van der Waals surface area (Å²) in [5.41, 5.74) is 5.07. The van der Waals surface area contributed by atoms with Crippen LogP contribution in [-0.4, -0.2) is 26.9 Å². The van der Waals surface area contributed by atoms with E-state index in [0.717, 1.165) is 33.6 Å². The fraction of sp³-hybridized carbons (Fsp3) is 0.105. The fourth-order valence-corrected chi connectivity index (χ4v) is 2.84. The number of fused-ring (bicyclic) bond motifs is 1. The molecule has 0 saturated carbocycles. The van der Waals surface area contributed by atoms with Crippen LogP contribution in [0.1, 0.15) is 5.56 Å². The van der Waals surface area contributed by atoms with E-state index in [2.05, 4.69) is 22.0 Å². The molecule has 118 valence electrons. The second-order valence-corrected chi connectivity index (χ2v) is 5.54. The Hall–Kier alpha value is -3.21. The van der Waals surface area contributed by atoms with E-state index in [1.165, 1.54) is 5.56 Å². The van der Waals surface area contributed by atoms with Crippen molar-refractivity contribution in [3.05, 3.63) is 66.7 Å². The Morgan fingerprint density at radius 2 is 1.92 bits per heavy atom. The van der Waals surface area contributed by atoms with Crippen LogP contribution in [0.3, 0.4) is 0 Å². The minimum Gasteiger partial charge on any atom is -0.497 e. The standard InChI is InChI=1S/C19H16N4O/c1-13-6-8-20-11-17(13)16-7-9-21-19-18(16)12-22-23(19)14-4-3-5-15(10-14)24-2/h3-12H,1-2H3. The molecule has 0 N–H and O–H groups in total. The molecule has 3 aromatic heterocycles. The summed E-state index contributed by atoms with van der Waals surface area (Å²) in [6.07, 6.45) is 7.34. The lowest BCUT2D eigenvalue weighted by Gasteiger charge is -2.08. The molecule has 0 bridgehead atoms. The van der Waals surface area contributed by atoms with Gasteiger partial charge in [0.1, 0.15) is 5.75 Å². The van der Waals surface area contributed by atoms with Gasteiger partial charge < -0.3 is 4.74 Å². The summed E-state index contributed by atoms with van der Waals surface area (Å²) in [4.78, 5) is 8.78. The van der Waals surface area contributed by atoms with Gasteiger partial charge in [-0.15, -0.1) is 0 Å². The number of aryl methyl sites for hydroxylation is 1. The van der Waals surface area contributed by atoms with Crippen molar-refractivity contribution in [1.29, 1.82) is 0 Å². The Morgan fingerprint density at radius 1 is 1.00 bits per heavy atom. The van der Waals surface area contributed by atoms with Gasteiger partial charge in [0, 0.05) is 35.6 Å². The van der Waals surface area contributed by atoms with Gasteiger partial charge >= 0.3 is 0 Å². The predicted molar refractivity (Wildman–Crippen MR) is 93.4 cm³/mol. The maximum atomic E-state index is 5.30. The van der Waals surface area contributed by atoms with Gasteiger partial charge in [0.05, 0.1) is 19.0 Å². The van der Waals surface area contributed by atoms with E-state index >= 15 is 0 Å². The number of rotatable bonds is 3. The quantitative estimate of drug-likeness (QED) is 0.577. The number of aromatic nitrogens is 4. The first-order chi connectivity index (χ1) is 11.8. The van der Waals surface area contributed by atoms with Crippen LogP contribution >= 0.6 is 0 Å². The molecule has 5 heteroatoms. The molecule has 0 atom stereocenters. The highest BCUT2D eigenvalue weighted by atomic mass is 16.5. The molecule has 5 nitrogen and oxygen atoms in total. The summed E-state index contributed by atoms with van der Waals surface area (Å²) < 4.78 is 7.13. The largest absolute Gasteiger partial charge is 0.497 e. The number of nitrogens with zero attached hydrogens (tertiary/aromatic N) is 4. The van der Waals surface area contributed by atoms with Gasteiger partial charge in [0.15, 0.2) is 5.65 Å². The Balaban J connectivity index is 1.92. The van der Waals surface area contributed by atoms with E-state index in [1.807, 2.05) is 59.7 Å². The molecular weight excluding hydrogens is 300 g/mol. The van der Waals surface area contributed by atoms with E-state index < -0.39 is 0 Å². The third-order valence-corrected chi connectivity index (χ3v) is 4.10. The molecule has 0 spiro atoms. The van der Waals surface area contributed by atoms with Gasteiger partial charge in [-0.2, -0.15) is 5.10 Å². The summed E-state index contributed by atoms with van der Waals surface area (Å²) in [6, 6.07) is 11.8. The van der Waals surface area contributed by atoms with Gasteiger partial charge in [-0.3, -0.25) is 4.98 Å². The monoisotopic (exact) mass is 316 g/mol. The topological polar surface area (TPSA) is 52.8 Å². The number of benzene rings is 1. The van der Waals surface area contributed by atoms with Gasteiger partial charge in [0.25, 0.3) is 0 Å². The molecule has 0 amide bonds. The zero-order chi connectivity index (χ0) is 16.5. The van der Waals surface area contributed by atoms with Crippen molar-refractivity contribution in [2.75, 3.05) is 7.11 Å². The molecule has 0 aliphatic rings. The van der Waals surface area contributed by atoms with Crippen LogP contribution in [-0.2, 0) is 0 Å². The van der Waals surface area contributed by atoms with E-state index in [1.54, 1.807) is 13.3 Å². The van der Waals surface area contributed by atoms with Crippen molar-refractivity contribution >= 4 is 11.0 Å². The lowest BCUT2D eigenvalue weighted by molar-refractivity contribution is 0.414. The Morgan fingerprint density at radius 3 is 2.75 bits per heavy atom. The fourth-order valence-electron chi connectivity index (χ4n) is 2.84. The average Bonchev–Trinajstić information content (AvgIpc) is 3.06. The maximum absolute atomic E-state index is 5.30. The van der Waals surface area contributed by atoms with Crippen LogP contribution in [0.5, 0.6) is 5.75 Å². The molecule has 0 radical (unpaired) electrons. The van der Waals surface area contributed by atoms with E-state index in [9.17, 15) is 0 Å². The van der Waals surface area contributed by atoms with Crippen LogP contribution in [0.2, 0.25) is 0 Å². The molecule has 3 heterocycles. The minimum atomic E-state index is 0.787. The molecule has 0 fully saturated rings. The Labute approximate surface area is 139 Å². The lowest BCUT2D eigenvalue weighted by Crippen LogP contribution is -1.98. The number of pyridine rings is 2. The molecule has 0 saturated heterocycles. The third kappa shape index (κ3) is 2.31. The molecule has 0 aliphatic carbocycles. The molecule has 1 aromatic carbocycles. The van der Waals surface area contributed by atoms with Gasteiger partial charge in [0.2, 0.25) is 0 Å². The van der Waals surface area contributed by atoms with Crippen LogP contribution < -0.4 is 4.74 Å². The number of methoxy groups -OCH3 is 1. The smallest absolute Gasteiger partial charge is 0.163 e. The van der Waals surface area contributed by atoms with Gasteiger partial charge in [-0.25, -0.2) is 9.67 Å². The predicted octanol–water partition coefficient (Wildman–Crippen LogP) is 3.80. The van der Waals surface area contributed by atoms with E-state index in [4.69, 9.17) is 4.74 Å². The summed E-state index contributed by atoms with van der Waals surface area (Å²) in [5.74, 6) is 0.787. The number of hydrogen-bond acceptors (Lipinski definition) is 4. The molecule has 4 rings (SSSR count). The summed E-state index contributed by atoms with van der Waals surface area (Å²) in [6.45, 7) is 2.08. The highest BCUT2D eigenvalue weighted by molar-refractivity contribution is 5.93. The van der Waals surface area contributed by atoms with Gasteiger partial charge in [-0.1, -0.05) is 6.07 Å². The van der Waals surface area contributed by atoms with Crippen molar-refractivity contribution in [2.24, 2.45) is 0 Å². The van der Waals surface area contributed by atoms with Crippen molar-refractivity contribution in [1.82, 2.24) is 19.7 Å². The van der Waals surface area contributed by atoms with Crippen LogP contribution in [0.25, 0.3) is 27.8 Å². The molecular formula is C19H16N4O. The molecule has 0 unspecified atom stereocenters. The SMILES string of the molecule is COc1cccc(-n2ncc3c(-c4cnccc4C)ccnc32)c1.